The number of carbonyl (C=O) groups is 1. The standard InChI is InChI=1S/C14H28N2O/c1-11(2)3-8-14(17)16-10-13-6-4-12(9-15)5-7-13/h11-13H,3-10,15H2,1-2H3,(H,16,17). The Hall–Kier alpha value is -0.570. The summed E-state index contributed by atoms with van der Waals surface area (Å²) >= 11 is 0. The fraction of sp³-hybridized carbons (Fsp3) is 0.929. The lowest BCUT2D eigenvalue weighted by Gasteiger charge is -2.27. The van der Waals surface area contributed by atoms with Crippen LogP contribution in [0.25, 0.3) is 0 Å². The Kier molecular flexibility index (Phi) is 6.56. The van der Waals surface area contributed by atoms with Crippen LogP contribution in [0.5, 0.6) is 0 Å². The average Bonchev–Trinajstić information content (AvgIpc) is 2.34. The van der Waals surface area contributed by atoms with Gasteiger partial charge in [-0.05, 0) is 56.4 Å². The average molecular weight is 240 g/mol. The van der Waals surface area contributed by atoms with Crippen molar-refractivity contribution >= 4 is 5.91 Å². The van der Waals surface area contributed by atoms with Crippen molar-refractivity contribution < 1.29 is 4.79 Å². The molecule has 1 fully saturated rings. The Labute approximate surface area is 106 Å². The molecule has 1 amide bonds. The van der Waals surface area contributed by atoms with E-state index in [-0.39, 0.29) is 5.91 Å². The van der Waals surface area contributed by atoms with Gasteiger partial charge in [-0.25, -0.2) is 0 Å². The maximum atomic E-state index is 11.6. The minimum Gasteiger partial charge on any atom is -0.356 e. The van der Waals surface area contributed by atoms with Crippen LogP contribution in [0.3, 0.4) is 0 Å². The molecular formula is C14H28N2O. The number of rotatable bonds is 6. The first kappa shape index (κ1) is 14.5. The van der Waals surface area contributed by atoms with E-state index in [0.717, 1.165) is 25.4 Å². The van der Waals surface area contributed by atoms with Crippen molar-refractivity contribution in [2.45, 2.75) is 52.4 Å². The first-order valence-electron chi connectivity index (χ1n) is 7.08. The topological polar surface area (TPSA) is 55.1 Å². The Bertz CT molecular complexity index is 220. The molecule has 0 bridgehead atoms. The van der Waals surface area contributed by atoms with Crippen molar-refractivity contribution in [2.24, 2.45) is 23.5 Å². The third-order valence-corrected chi connectivity index (χ3v) is 3.84. The van der Waals surface area contributed by atoms with E-state index in [1.165, 1.54) is 25.7 Å². The largest absolute Gasteiger partial charge is 0.356 e. The maximum Gasteiger partial charge on any atom is 0.220 e. The summed E-state index contributed by atoms with van der Waals surface area (Å²) in [6.07, 6.45) is 6.60. The molecule has 17 heavy (non-hydrogen) atoms. The Balaban J connectivity index is 2.08. The first-order chi connectivity index (χ1) is 8.11. The summed E-state index contributed by atoms with van der Waals surface area (Å²) in [7, 11) is 0. The van der Waals surface area contributed by atoms with Crippen LogP contribution < -0.4 is 11.1 Å². The van der Waals surface area contributed by atoms with Crippen LogP contribution in [-0.4, -0.2) is 19.0 Å². The Morgan fingerprint density at radius 2 is 1.82 bits per heavy atom. The summed E-state index contributed by atoms with van der Waals surface area (Å²) < 4.78 is 0. The molecule has 0 saturated heterocycles. The minimum absolute atomic E-state index is 0.222. The number of hydrogen-bond acceptors (Lipinski definition) is 2. The second-order valence-corrected chi connectivity index (χ2v) is 5.86. The highest BCUT2D eigenvalue weighted by Crippen LogP contribution is 2.27. The van der Waals surface area contributed by atoms with Gasteiger partial charge < -0.3 is 11.1 Å². The van der Waals surface area contributed by atoms with Gasteiger partial charge >= 0.3 is 0 Å². The van der Waals surface area contributed by atoms with E-state index < -0.39 is 0 Å². The number of hydrogen-bond donors (Lipinski definition) is 2. The molecule has 0 aromatic carbocycles. The number of amides is 1. The molecule has 0 radical (unpaired) electrons. The van der Waals surface area contributed by atoms with Gasteiger partial charge in [-0.2, -0.15) is 0 Å². The van der Waals surface area contributed by atoms with Crippen molar-refractivity contribution in [2.75, 3.05) is 13.1 Å². The van der Waals surface area contributed by atoms with E-state index in [0.29, 0.717) is 18.3 Å². The SMILES string of the molecule is CC(C)CCC(=O)NCC1CCC(CN)CC1. The molecule has 1 rings (SSSR count). The molecule has 1 aliphatic rings. The quantitative estimate of drug-likeness (QED) is 0.748. The lowest BCUT2D eigenvalue weighted by atomic mass is 9.82. The molecule has 100 valence electrons. The molecule has 1 saturated carbocycles. The molecule has 0 aromatic heterocycles. The van der Waals surface area contributed by atoms with Gasteiger partial charge in [-0.1, -0.05) is 13.8 Å². The van der Waals surface area contributed by atoms with E-state index in [4.69, 9.17) is 5.73 Å². The molecule has 0 aliphatic heterocycles. The van der Waals surface area contributed by atoms with Crippen LogP contribution in [0.15, 0.2) is 0 Å². The summed E-state index contributed by atoms with van der Waals surface area (Å²) in [6, 6.07) is 0. The summed E-state index contributed by atoms with van der Waals surface area (Å²) in [6.45, 7) is 6.00. The molecule has 3 heteroatoms. The van der Waals surface area contributed by atoms with Crippen LogP contribution >= 0.6 is 0 Å². The van der Waals surface area contributed by atoms with E-state index >= 15 is 0 Å². The fourth-order valence-corrected chi connectivity index (χ4v) is 2.44. The Morgan fingerprint density at radius 3 is 2.35 bits per heavy atom. The lowest BCUT2D eigenvalue weighted by Crippen LogP contribution is -2.32. The van der Waals surface area contributed by atoms with E-state index in [1.54, 1.807) is 0 Å². The molecule has 0 spiro atoms. The van der Waals surface area contributed by atoms with Gasteiger partial charge in [0, 0.05) is 13.0 Å². The summed E-state index contributed by atoms with van der Waals surface area (Å²) in [4.78, 5) is 11.6. The van der Waals surface area contributed by atoms with Crippen molar-refractivity contribution in [1.29, 1.82) is 0 Å². The van der Waals surface area contributed by atoms with Crippen LogP contribution in [0, 0.1) is 17.8 Å². The van der Waals surface area contributed by atoms with Crippen LogP contribution in [0.4, 0.5) is 0 Å². The van der Waals surface area contributed by atoms with Crippen LogP contribution in [0.1, 0.15) is 52.4 Å². The third kappa shape index (κ3) is 6.06. The predicted octanol–water partition coefficient (Wildman–Crippen LogP) is 2.30. The van der Waals surface area contributed by atoms with Gasteiger partial charge in [0.05, 0.1) is 0 Å². The molecule has 3 nitrogen and oxygen atoms in total. The van der Waals surface area contributed by atoms with Gasteiger partial charge in [0.15, 0.2) is 0 Å². The van der Waals surface area contributed by atoms with Crippen molar-refractivity contribution in [3.63, 3.8) is 0 Å². The molecular weight excluding hydrogens is 212 g/mol. The fourth-order valence-electron chi connectivity index (χ4n) is 2.44. The minimum atomic E-state index is 0.222. The molecule has 0 atom stereocenters. The van der Waals surface area contributed by atoms with E-state index in [2.05, 4.69) is 19.2 Å². The highest BCUT2D eigenvalue weighted by molar-refractivity contribution is 5.75. The monoisotopic (exact) mass is 240 g/mol. The van der Waals surface area contributed by atoms with Crippen LogP contribution in [0.2, 0.25) is 0 Å². The van der Waals surface area contributed by atoms with Gasteiger partial charge in [-0.3, -0.25) is 4.79 Å². The zero-order chi connectivity index (χ0) is 12.7. The number of nitrogens with two attached hydrogens (primary N) is 1. The molecule has 0 heterocycles. The predicted molar refractivity (Wildman–Crippen MR) is 71.6 cm³/mol. The number of carbonyl (C=O) groups excluding carboxylic acids is 1. The normalized spacial score (nSPS) is 24.9. The molecule has 3 N–H and O–H groups in total. The molecule has 0 aromatic rings. The van der Waals surface area contributed by atoms with Gasteiger partial charge in [-0.15, -0.1) is 0 Å². The number of nitrogens with one attached hydrogen (secondary N) is 1. The summed E-state index contributed by atoms with van der Waals surface area (Å²) in [5.74, 6) is 2.24. The first-order valence-corrected chi connectivity index (χ1v) is 7.08. The zero-order valence-corrected chi connectivity index (χ0v) is 11.4. The third-order valence-electron chi connectivity index (χ3n) is 3.84. The maximum absolute atomic E-state index is 11.6. The summed E-state index contributed by atoms with van der Waals surface area (Å²) in [5.41, 5.74) is 5.67. The second kappa shape index (κ2) is 7.70. The van der Waals surface area contributed by atoms with Gasteiger partial charge in [0.2, 0.25) is 5.91 Å². The van der Waals surface area contributed by atoms with E-state index in [1.807, 2.05) is 0 Å². The lowest BCUT2D eigenvalue weighted by molar-refractivity contribution is -0.121. The molecule has 1 aliphatic carbocycles. The zero-order valence-electron chi connectivity index (χ0n) is 11.4. The second-order valence-electron chi connectivity index (χ2n) is 5.86. The smallest absolute Gasteiger partial charge is 0.220 e. The van der Waals surface area contributed by atoms with Gasteiger partial charge in [0.1, 0.15) is 0 Å². The van der Waals surface area contributed by atoms with Crippen molar-refractivity contribution in [3.05, 3.63) is 0 Å². The van der Waals surface area contributed by atoms with Crippen molar-refractivity contribution in [1.82, 2.24) is 5.32 Å². The van der Waals surface area contributed by atoms with Crippen molar-refractivity contribution in [3.8, 4) is 0 Å². The van der Waals surface area contributed by atoms with Gasteiger partial charge in [0.25, 0.3) is 0 Å². The molecule has 0 unspecified atom stereocenters. The highest BCUT2D eigenvalue weighted by Gasteiger charge is 2.20. The Morgan fingerprint density at radius 1 is 1.24 bits per heavy atom. The van der Waals surface area contributed by atoms with Crippen LogP contribution in [-0.2, 0) is 4.79 Å². The summed E-state index contributed by atoms with van der Waals surface area (Å²) in [5, 5.41) is 3.07. The highest BCUT2D eigenvalue weighted by atomic mass is 16.1. The van der Waals surface area contributed by atoms with E-state index in [9.17, 15) is 4.79 Å².